The molecule has 0 nitrogen and oxygen atoms in total. The monoisotopic (exact) mass is 168 g/mol. The van der Waals surface area contributed by atoms with Gasteiger partial charge in [0.2, 0.25) is 0 Å². The second kappa shape index (κ2) is 11.6. The van der Waals surface area contributed by atoms with Gasteiger partial charge < -0.3 is 6.92 Å². The maximum absolute atomic E-state index is 3.63. The maximum atomic E-state index is 3.63. The summed E-state index contributed by atoms with van der Waals surface area (Å²) < 4.78 is 0. The van der Waals surface area contributed by atoms with Gasteiger partial charge >= 0.3 is 18.9 Å². The van der Waals surface area contributed by atoms with Crippen molar-refractivity contribution in [1.82, 2.24) is 0 Å². The average molecular weight is 168 g/mol. The smallest absolute Gasteiger partial charge is 0.343 e. The third-order valence-corrected chi connectivity index (χ3v) is 1.39. The molecular weight excluding hydrogens is 151 g/mol. The Bertz CT molecular complexity index is 190. The van der Waals surface area contributed by atoms with Crippen molar-refractivity contribution in [2.45, 2.75) is 19.8 Å². The first-order chi connectivity index (χ1) is 5.85. The van der Waals surface area contributed by atoms with Crippen molar-refractivity contribution in [2.75, 3.05) is 0 Å². The maximum Gasteiger partial charge on any atom is 1.00 e. The molecule has 0 N–H and O–H groups in total. The van der Waals surface area contributed by atoms with Gasteiger partial charge in [0.25, 0.3) is 0 Å². The van der Waals surface area contributed by atoms with Crippen molar-refractivity contribution in [3.63, 3.8) is 0 Å². The first kappa shape index (κ1) is 15.0. The summed E-state index contributed by atoms with van der Waals surface area (Å²) in [7, 11) is 0. The summed E-state index contributed by atoms with van der Waals surface area (Å²) in [4.78, 5) is 0. The fourth-order valence-corrected chi connectivity index (χ4v) is 0.589. The van der Waals surface area contributed by atoms with E-state index in [-0.39, 0.29) is 18.9 Å². The summed E-state index contributed by atoms with van der Waals surface area (Å²) >= 11 is 0. The quantitative estimate of drug-likeness (QED) is 0.455. The van der Waals surface area contributed by atoms with Crippen LogP contribution in [0.15, 0.2) is 36.9 Å². The van der Waals surface area contributed by atoms with E-state index in [0.29, 0.717) is 0 Å². The second-order valence-electron chi connectivity index (χ2n) is 2.47. The first-order valence-electron chi connectivity index (χ1n) is 4.31. The molecule has 0 fully saturated rings. The van der Waals surface area contributed by atoms with Crippen LogP contribution in [-0.2, 0) is 0 Å². The fourth-order valence-electron chi connectivity index (χ4n) is 0.589. The fraction of sp³-hybridized carbons (Fsp3) is 0.250. The van der Waals surface area contributed by atoms with Gasteiger partial charge in [-0.3, -0.25) is 0 Å². The molecule has 13 heavy (non-hydrogen) atoms. The van der Waals surface area contributed by atoms with Crippen molar-refractivity contribution in [1.29, 1.82) is 0 Å². The third kappa shape index (κ3) is 9.47. The molecule has 0 unspecified atom stereocenters. The predicted molar refractivity (Wildman–Crippen MR) is 56.8 cm³/mol. The zero-order chi connectivity index (χ0) is 9.23. The van der Waals surface area contributed by atoms with E-state index >= 15 is 0 Å². The summed E-state index contributed by atoms with van der Waals surface area (Å²) in [6.45, 7) is 9.35. The van der Waals surface area contributed by atoms with E-state index in [2.05, 4.69) is 20.4 Å². The van der Waals surface area contributed by atoms with Crippen LogP contribution in [0.2, 0.25) is 0 Å². The average Bonchev–Trinajstić information content (AvgIpc) is 2.19. The van der Waals surface area contributed by atoms with Crippen LogP contribution in [0.5, 0.6) is 0 Å². The van der Waals surface area contributed by atoms with E-state index in [1.165, 1.54) is 12.0 Å². The topological polar surface area (TPSA) is 0 Å². The molecule has 0 heterocycles. The second-order valence-corrected chi connectivity index (χ2v) is 2.47. The van der Waals surface area contributed by atoms with Gasteiger partial charge in [-0.1, -0.05) is 56.3 Å². The van der Waals surface area contributed by atoms with Crippen LogP contribution < -0.4 is 18.9 Å². The molecule has 0 radical (unpaired) electrons. The number of unbranched alkanes of at least 4 members (excludes halogenated alkanes) is 1. The van der Waals surface area contributed by atoms with Gasteiger partial charge in [0, 0.05) is 0 Å². The van der Waals surface area contributed by atoms with Crippen LogP contribution >= 0.6 is 0 Å². The summed E-state index contributed by atoms with van der Waals surface area (Å²) in [6, 6.07) is 10.0. The van der Waals surface area contributed by atoms with E-state index in [9.17, 15) is 0 Å². The SMILES string of the molecule is C=Cc1ccccc1.[CH2-]CCC.[Li+]. The van der Waals surface area contributed by atoms with Crippen LogP contribution in [0.25, 0.3) is 6.08 Å². The molecule has 1 aromatic carbocycles. The Morgan fingerprint density at radius 1 is 1.31 bits per heavy atom. The molecule has 0 aliphatic rings. The summed E-state index contributed by atoms with van der Waals surface area (Å²) in [5.74, 6) is 0. The van der Waals surface area contributed by atoms with Crippen molar-refractivity contribution in [3.8, 4) is 0 Å². The Hall–Kier alpha value is -0.443. The molecule has 0 aliphatic carbocycles. The van der Waals surface area contributed by atoms with Crippen molar-refractivity contribution >= 4 is 6.08 Å². The molecule has 0 bridgehead atoms. The van der Waals surface area contributed by atoms with Crippen LogP contribution in [0, 0.1) is 6.92 Å². The zero-order valence-electron chi connectivity index (χ0n) is 8.79. The number of hydrogen-bond donors (Lipinski definition) is 0. The Morgan fingerprint density at radius 3 is 2.00 bits per heavy atom. The van der Waals surface area contributed by atoms with Gasteiger partial charge in [-0.2, -0.15) is 6.42 Å². The summed E-state index contributed by atoms with van der Waals surface area (Å²) in [5, 5.41) is 0. The van der Waals surface area contributed by atoms with Crippen molar-refractivity contribution in [2.24, 2.45) is 0 Å². The minimum absolute atomic E-state index is 0. The summed E-state index contributed by atoms with van der Waals surface area (Å²) in [5.41, 5.74) is 1.17. The normalized spacial score (nSPS) is 7.54. The molecule has 0 amide bonds. The van der Waals surface area contributed by atoms with Gasteiger partial charge in [-0.25, -0.2) is 0 Å². The Kier molecular flexibility index (Phi) is 13.4. The van der Waals surface area contributed by atoms with Gasteiger partial charge in [0.15, 0.2) is 0 Å². The van der Waals surface area contributed by atoms with Crippen LogP contribution in [0.3, 0.4) is 0 Å². The minimum atomic E-state index is 0. The van der Waals surface area contributed by atoms with Crippen molar-refractivity contribution < 1.29 is 18.9 Å². The molecule has 0 atom stereocenters. The molecule has 0 aliphatic heterocycles. The largest absolute Gasteiger partial charge is 1.00 e. The van der Waals surface area contributed by atoms with Gasteiger partial charge in [0.1, 0.15) is 0 Å². The van der Waals surface area contributed by atoms with Crippen molar-refractivity contribution in [3.05, 3.63) is 49.4 Å². The van der Waals surface area contributed by atoms with Gasteiger partial charge in [-0.15, -0.1) is 0 Å². The molecule has 66 valence electrons. The minimum Gasteiger partial charge on any atom is -0.343 e. The third-order valence-electron chi connectivity index (χ3n) is 1.39. The number of rotatable bonds is 2. The Labute approximate surface area is 94.2 Å². The van der Waals surface area contributed by atoms with E-state index in [0.717, 1.165) is 6.42 Å². The number of hydrogen-bond acceptors (Lipinski definition) is 0. The zero-order valence-corrected chi connectivity index (χ0v) is 8.79. The molecule has 1 aromatic rings. The van der Waals surface area contributed by atoms with Crippen LogP contribution in [-0.4, -0.2) is 0 Å². The van der Waals surface area contributed by atoms with Gasteiger partial charge in [0.05, 0.1) is 0 Å². The number of benzene rings is 1. The molecule has 0 saturated carbocycles. The van der Waals surface area contributed by atoms with Crippen LogP contribution in [0.4, 0.5) is 0 Å². The first-order valence-corrected chi connectivity index (χ1v) is 4.31. The van der Waals surface area contributed by atoms with Crippen LogP contribution in [0.1, 0.15) is 25.3 Å². The molecule has 0 aromatic heterocycles. The van der Waals surface area contributed by atoms with E-state index < -0.39 is 0 Å². The summed E-state index contributed by atoms with van der Waals surface area (Å²) in [6.07, 6.45) is 4.11. The molecule has 1 rings (SSSR count). The van der Waals surface area contributed by atoms with E-state index in [1.54, 1.807) is 0 Å². The molecular formula is C12H17Li. The molecule has 1 heteroatoms. The molecule has 0 spiro atoms. The van der Waals surface area contributed by atoms with Gasteiger partial charge in [-0.05, 0) is 5.56 Å². The Morgan fingerprint density at radius 2 is 1.77 bits per heavy atom. The van der Waals surface area contributed by atoms with E-state index in [1.807, 2.05) is 36.4 Å². The standard InChI is InChI=1S/C8H8.C4H9.Li/c1-2-8-6-4-3-5-7-8;1-3-4-2;/h2-7H,1H2;1,3-4H2,2H3;/q;-1;+1. The molecule has 0 saturated heterocycles. The predicted octanol–water partition coefficient (Wildman–Crippen LogP) is 0.954. The van der Waals surface area contributed by atoms with E-state index in [4.69, 9.17) is 0 Å². The Balaban J connectivity index is 0.